The molecule has 0 aliphatic heterocycles. The minimum absolute atomic E-state index is 0.0281. The van der Waals surface area contributed by atoms with Crippen molar-refractivity contribution in [2.45, 2.75) is 37.0 Å². The zero-order valence-electron chi connectivity index (χ0n) is 14.8. The van der Waals surface area contributed by atoms with Crippen LogP contribution in [-0.2, 0) is 16.0 Å². The number of hydrogen-bond donors (Lipinski definition) is 2. The van der Waals surface area contributed by atoms with Crippen LogP contribution >= 0.6 is 23.5 Å². The molecule has 6 heteroatoms. The van der Waals surface area contributed by atoms with Crippen LogP contribution in [0.25, 0.3) is 0 Å². The van der Waals surface area contributed by atoms with Crippen molar-refractivity contribution < 1.29 is 19.8 Å². The Bertz CT molecular complexity index is 603. The molecule has 1 aromatic rings. The summed E-state index contributed by atoms with van der Waals surface area (Å²) in [6.45, 7) is 0. The summed E-state index contributed by atoms with van der Waals surface area (Å²) in [5.41, 5.74) is 1.09. The molecule has 0 radical (unpaired) electrons. The molecule has 1 fully saturated rings. The maximum Gasteiger partial charge on any atom is 0.313 e. The maximum atomic E-state index is 12.1. The van der Waals surface area contributed by atoms with E-state index < -0.39 is 12.1 Å². The van der Waals surface area contributed by atoms with E-state index >= 15 is 0 Å². The smallest absolute Gasteiger partial charge is 0.313 e. The Kier molecular flexibility index (Phi) is 9.29. The maximum absolute atomic E-state index is 12.1. The number of aliphatic hydroxyl groups is 1. The van der Waals surface area contributed by atoms with Gasteiger partial charge in [-0.3, -0.25) is 9.59 Å². The van der Waals surface area contributed by atoms with E-state index in [-0.39, 0.29) is 16.9 Å². The third kappa shape index (κ3) is 7.56. The number of carbonyl (C=O) groups is 2. The van der Waals surface area contributed by atoms with Gasteiger partial charge in [-0.15, -0.1) is 11.8 Å². The lowest BCUT2D eigenvalue weighted by molar-refractivity contribution is -0.133. The minimum Gasteiger partial charge on any atom is -0.481 e. The number of carboxylic acids is 1. The summed E-state index contributed by atoms with van der Waals surface area (Å²) in [5.74, 6) is 1.49. The Hall–Kier alpha value is -1.24. The van der Waals surface area contributed by atoms with Crippen LogP contribution in [0.5, 0.6) is 0 Å². The van der Waals surface area contributed by atoms with Gasteiger partial charge in [0.2, 0.25) is 0 Å². The molecule has 0 saturated heterocycles. The highest BCUT2D eigenvalue weighted by Crippen LogP contribution is 2.34. The number of allylic oxidation sites excluding steroid dienone is 1. The fraction of sp³-hybridized carbons (Fsp3) is 0.500. The summed E-state index contributed by atoms with van der Waals surface area (Å²) < 4.78 is 0. The SMILES string of the molecule is O=C(O)CSCCCS[C@H]1C(=O)CC[C@@H]1/C=C/C(O)Cc1ccccc1. The van der Waals surface area contributed by atoms with Crippen molar-refractivity contribution in [3.63, 3.8) is 0 Å². The normalized spacial score (nSPS) is 21.3. The second-order valence-electron chi connectivity index (χ2n) is 6.40. The highest BCUT2D eigenvalue weighted by atomic mass is 32.2. The first-order chi connectivity index (χ1) is 12.6. The molecular weight excluding hydrogens is 368 g/mol. The highest BCUT2D eigenvalue weighted by Gasteiger charge is 2.33. The van der Waals surface area contributed by atoms with Crippen LogP contribution in [0.3, 0.4) is 0 Å². The number of aliphatic carboxylic acids is 1. The van der Waals surface area contributed by atoms with Crippen molar-refractivity contribution in [2.24, 2.45) is 5.92 Å². The highest BCUT2D eigenvalue weighted by molar-refractivity contribution is 8.01. The van der Waals surface area contributed by atoms with Gasteiger partial charge in [-0.2, -0.15) is 11.8 Å². The topological polar surface area (TPSA) is 74.6 Å². The van der Waals surface area contributed by atoms with Crippen molar-refractivity contribution in [3.8, 4) is 0 Å². The third-order valence-electron chi connectivity index (χ3n) is 4.25. The molecule has 1 aliphatic carbocycles. The molecule has 0 aromatic heterocycles. The second kappa shape index (κ2) is 11.5. The number of aliphatic hydroxyl groups excluding tert-OH is 1. The molecule has 0 amide bonds. The molecule has 1 aromatic carbocycles. The first-order valence-corrected chi connectivity index (χ1v) is 11.1. The molecule has 1 aliphatic rings. The van der Waals surface area contributed by atoms with Crippen molar-refractivity contribution in [1.29, 1.82) is 0 Å². The number of carbonyl (C=O) groups excluding carboxylic acids is 1. The van der Waals surface area contributed by atoms with E-state index in [4.69, 9.17) is 5.11 Å². The van der Waals surface area contributed by atoms with Crippen LogP contribution in [0, 0.1) is 5.92 Å². The Morgan fingerprint density at radius 3 is 2.77 bits per heavy atom. The van der Waals surface area contributed by atoms with Gasteiger partial charge in [0, 0.05) is 12.8 Å². The van der Waals surface area contributed by atoms with E-state index in [2.05, 4.69) is 0 Å². The van der Waals surface area contributed by atoms with Crippen molar-refractivity contribution in [1.82, 2.24) is 0 Å². The van der Waals surface area contributed by atoms with E-state index in [1.54, 1.807) is 11.8 Å². The molecule has 0 heterocycles. The molecular formula is C20H26O4S2. The quantitative estimate of drug-likeness (QED) is 0.442. The van der Waals surface area contributed by atoms with Crippen LogP contribution < -0.4 is 0 Å². The number of benzene rings is 1. The van der Waals surface area contributed by atoms with Crippen LogP contribution in [0.2, 0.25) is 0 Å². The number of hydrogen-bond acceptors (Lipinski definition) is 5. The third-order valence-corrected chi connectivity index (χ3v) is 6.78. The minimum atomic E-state index is -0.784. The second-order valence-corrected chi connectivity index (χ2v) is 8.76. The summed E-state index contributed by atoms with van der Waals surface area (Å²) in [4.78, 5) is 22.6. The summed E-state index contributed by atoms with van der Waals surface area (Å²) in [7, 11) is 0. The molecule has 1 saturated carbocycles. The van der Waals surface area contributed by atoms with E-state index in [1.807, 2.05) is 42.5 Å². The molecule has 1 unspecified atom stereocenters. The van der Waals surface area contributed by atoms with Gasteiger partial charge in [-0.1, -0.05) is 42.5 Å². The standard InChI is InChI=1S/C20H26O4S2/c21-17(13-15-5-2-1-3-6-15)9-7-16-8-10-18(22)20(16)26-12-4-11-25-14-19(23)24/h1-3,5-7,9,16-17,20-21H,4,8,10-14H2,(H,23,24)/b9-7+/t16-,17?,20+/m0/s1. The monoisotopic (exact) mass is 394 g/mol. The summed E-state index contributed by atoms with van der Waals surface area (Å²) in [6.07, 6.45) is 6.23. The van der Waals surface area contributed by atoms with E-state index in [0.717, 1.165) is 29.9 Å². The fourth-order valence-electron chi connectivity index (χ4n) is 2.98. The zero-order chi connectivity index (χ0) is 18.8. The number of thioether (sulfide) groups is 2. The molecule has 4 nitrogen and oxygen atoms in total. The lowest BCUT2D eigenvalue weighted by Gasteiger charge is -2.15. The van der Waals surface area contributed by atoms with Gasteiger partial charge in [-0.25, -0.2) is 0 Å². The lowest BCUT2D eigenvalue weighted by atomic mass is 10.0. The predicted octanol–water partition coefficient (Wildman–Crippen LogP) is 3.44. The summed E-state index contributed by atoms with van der Waals surface area (Å²) >= 11 is 3.09. The molecule has 0 bridgehead atoms. The molecule has 2 rings (SSSR count). The first kappa shape index (κ1) is 21.1. The van der Waals surface area contributed by atoms with Gasteiger partial charge in [0.1, 0.15) is 5.78 Å². The Morgan fingerprint density at radius 2 is 2.04 bits per heavy atom. The number of Topliss-reactive ketones (excluding diaryl/α,β-unsaturated/α-hetero) is 1. The van der Waals surface area contributed by atoms with E-state index in [1.165, 1.54) is 11.8 Å². The Balaban J connectivity index is 1.74. The van der Waals surface area contributed by atoms with Crippen LogP contribution in [-0.4, -0.2) is 50.6 Å². The lowest BCUT2D eigenvalue weighted by Crippen LogP contribution is -2.17. The number of ketones is 1. The summed E-state index contributed by atoms with van der Waals surface area (Å²) in [6, 6.07) is 9.87. The average Bonchev–Trinajstić information content (AvgIpc) is 2.97. The molecule has 2 N–H and O–H groups in total. The van der Waals surface area contributed by atoms with Gasteiger partial charge >= 0.3 is 5.97 Å². The molecule has 142 valence electrons. The number of carboxylic acid groups (broad SMARTS) is 1. The number of rotatable bonds is 11. The van der Waals surface area contributed by atoms with Gasteiger partial charge in [0.15, 0.2) is 0 Å². The molecule has 0 spiro atoms. The van der Waals surface area contributed by atoms with Crippen LogP contribution in [0.1, 0.15) is 24.8 Å². The van der Waals surface area contributed by atoms with Gasteiger partial charge in [-0.05, 0) is 35.8 Å². The van der Waals surface area contributed by atoms with Gasteiger partial charge < -0.3 is 10.2 Å². The van der Waals surface area contributed by atoms with Crippen LogP contribution in [0.15, 0.2) is 42.5 Å². The first-order valence-electron chi connectivity index (χ1n) is 8.90. The Labute approximate surface area is 163 Å². The van der Waals surface area contributed by atoms with Gasteiger partial charge in [0.05, 0.1) is 17.1 Å². The van der Waals surface area contributed by atoms with Crippen LogP contribution in [0.4, 0.5) is 0 Å². The van der Waals surface area contributed by atoms with Crippen molar-refractivity contribution in [3.05, 3.63) is 48.0 Å². The molecule has 3 atom stereocenters. The average molecular weight is 395 g/mol. The van der Waals surface area contributed by atoms with E-state index in [0.29, 0.717) is 18.6 Å². The fourth-order valence-corrected chi connectivity index (χ4v) is 5.17. The Morgan fingerprint density at radius 1 is 1.27 bits per heavy atom. The van der Waals surface area contributed by atoms with Gasteiger partial charge in [0.25, 0.3) is 0 Å². The largest absolute Gasteiger partial charge is 0.481 e. The van der Waals surface area contributed by atoms with E-state index in [9.17, 15) is 14.7 Å². The summed E-state index contributed by atoms with van der Waals surface area (Å²) in [5, 5.41) is 18.8. The predicted molar refractivity (Wildman–Crippen MR) is 109 cm³/mol. The zero-order valence-corrected chi connectivity index (χ0v) is 16.4. The van der Waals surface area contributed by atoms with Crippen molar-refractivity contribution >= 4 is 35.3 Å². The molecule has 26 heavy (non-hydrogen) atoms. The van der Waals surface area contributed by atoms with Crippen molar-refractivity contribution in [2.75, 3.05) is 17.3 Å².